The van der Waals surface area contributed by atoms with Crippen LogP contribution >= 0.6 is 24.8 Å². The zero-order chi connectivity index (χ0) is 15.6. The number of nitrogens with zero attached hydrogens (tertiary/aromatic N) is 2. The van der Waals surface area contributed by atoms with Crippen molar-refractivity contribution in [1.82, 2.24) is 10.2 Å². The monoisotopic (exact) mass is 363 g/mol. The molecular weight excluding hydrogens is 340 g/mol. The van der Waals surface area contributed by atoms with E-state index in [1.54, 1.807) is 12.1 Å². The van der Waals surface area contributed by atoms with Gasteiger partial charge in [-0.1, -0.05) is 26.8 Å². The van der Waals surface area contributed by atoms with Crippen molar-refractivity contribution in [2.24, 2.45) is 5.41 Å². The molecule has 1 aromatic rings. The predicted octanol–water partition coefficient (Wildman–Crippen LogP) is 3.24. The van der Waals surface area contributed by atoms with Crippen LogP contribution in [-0.4, -0.2) is 36.2 Å². The van der Waals surface area contributed by atoms with Crippen LogP contribution in [0.5, 0.6) is 5.75 Å². The first-order valence-electron chi connectivity index (χ1n) is 7.22. The third-order valence-corrected chi connectivity index (χ3v) is 3.90. The molecule has 1 atom stereocenters. The zero-order valence-corrected chi connectivity index (χ0v) is 15.2. The maximum Gasteiger partial charge on any atom is 0.144 e. The Labute approximate surface area is 149 Å². The van der Waals surface area contributed by atoms with Crippen LogP contribution in [-0.2, 0) is 0 Å². The summed E-state index contributed by atoms with van der Waals surface area (Å²) in [5.74, 6) is -0.900. The Kier molecular flexibility index (Phi) is 8.30. The van der Waals surface area contributed by atoms with Gasteiger partial charge in [0.1, 0.15) is 23.2 Å². The predicted molar refractivity (Wildman–Crippen MR) is 93.9 cm³/mol. The van der Waals surface area contributed by atoms with Crippen molar-refractivity contribution in [2.75, 3.05) is 26.2 Å². The molecule has 0 aliphatic carbocycles. The minimum atomic E-state index is -0.674. The molecule has 130 valence electrons. The third-order valence-electron chi connectivity index (χ3n) is 3.90. The van der Waals surface area contributed by atoms with E-state index in [1.165, 1.54) is 6.07 Å². The number of phenols is 1. The summed E-state index contributed by atoms with van der Waals surface area (Å²) in [7, 11) is 0. The van der Waals surface area contributed by atoms with Crippen LogP contribution in [0.4, 0.5) is 4.39 Å². The Bertz CT molecular complexity index is 564. The Morgan fingerprint density at radius 3 is 2.30 bits per heavy atom. The van der Waals surface area contributed by atoms with Gasteiger partial charge in [-0.15, -0.1) is 24.8 Å². The fraction of sp³-hybridized carbons (Fsp3) is 0.562. The topological polar surface area (TPSA) is 59.3 Å². The average Bonchev–Trinajstić information content (AvgIpc) is 2.42. The Balaban J connectivity index is 0.00000242. The van der Waals surface area contributed by atoms with Gasteiger partial charge in [0.2, 0.25) is 0 Å². The number of halogens is 3. The van der Waals surface area contributed by atoms with Crippen LogP contribution in [0.25, 0.3) is 0 Å². The van der Waals surface area contributed by atoms with E-state index in [9.17, 15) is 9.50 Å². The Morgan fingerprint density at radius 2 is 1.83 bits per heavy atom. The molecule has 0 saturated carbocycles. The number of aromatic hydroxyl groups is 1. The van der Waals surface area contributed by atoms with E-state index in [-0.39, 0.29) is 47.6 Å². The van der Waals surface area contributed by atoms with Crippen molar-refractivity contribution in [3.63, 3.8) is 0 Å². The number of piperazine rings is 1. The molecule has 7 heteroatoms. The van der Waals surface area contributed by atoms with Crippen LogP contribution in [0.1, 0.15) is 37.9 Å². The molecule has 0 spiro atoms. The summed E-state index contributed by atoms with van der Waals surface area (Å²) in [4.78, 5) is 2.28. The summed E-state index contributed by atoms with van der Waals surface area (Å²) >= 11 is 0. The molecule has 0 radical (unpaired) electrons. The van der Waals surface area contributed by atoms with E-state index in [1.807, 2.05) is 0 Å². The van der Waals surface area contributed by atoms with Gasteiger partial charge in [0.05, 0.1) is 0 Å². The van der Waals surface area contributed by atoms with Crippen LogP contribution in [0.15, 0.2) is 12.1 Å². The first-order valence-corrected chi connectivity index (χ1v) is 7.22. The Hall–Kier alpha value is -1.06. The lowest BCUT2D eigenvalue weighted by atomic mass is 9.80. The van der Waals surface area contributed by atoms with Crippen molar-refractivity contribution in [2.45, 2.75) is 26.8 Å². The largest absolute Gasteiger partial charge is 0.506 e. The molecule has 1 heterocycles. The van der Waals surface area contributed by atoms with Gasteiger partial charge in [0, 0.05) is 37.8 Å². The number of hydrogen-bond acceptors (Lipinski definition) is 4. The van der Waals surface area contributed by atoms with E-state index in [4.69, 9.17) is 5.26 Å². The van der Waals surface area contributed by atoms with E-state index < -0.39 is 5.82 Å². The third kappa shape index (κ3) is 4.71. The molecule has 0 unspecified atom stereocenters. The van der Waals surface area contributed by atoms with E-state index in [0.717, 1.165) is 26.2 Å². The molecule has 1 aliphatic heterocycles. The zero-order valence-electron chi connectivity index (χ0n) is 13.6. The number of hydrogen-bond donors (Lipinski definition) is 2. The molecule has 0 amide bonds. The molecular formula is C16H24Cl2FN3O. The number of rotatable bonds is 2. The first kappa shape index (κ1) is 21.9. The molecule has 2 rings (SSSR count). The van der Waals surface area contributed by atoms with Crippen molar-refractivity contribution in [3.05, 3.63) is 29.1 Å². The van der Waals surface area contributed by atoms with Crippen molar-refractivity contribution >= 4 is 24.8 Å². The molecule has 1 aliphatic rings. The van der Waals surface area contributed by atoms with Gasteiger partial charge in [0.15, 0.2) is 0 Å². The van der Waals surface area contributed by atoms with Crippen molar-refractivity contribution in [1.29, 1.82) is 5.26 Å². The summed E-state index contributed by atoms with van der Waals surface area (Å²) in [5, 5.41) is 22.7. The fourth-order valence-electron chi connectivity index (χ4n) is 3.06. The molecule has 1 aromatic carbocycles. The summed E-state index contributed by atoms with van der Waals surface area (Å²) in [6.45, 7) is 9.78. The standard InChI is InChI=1S/C16H22FN3O.2ClH/c1-16(2,3)15(20-8-6-19-7-9-20)11-4-5-13(17)12(10-18)14(11)21;;/h4-5,15,19,21H,6-9H2,1-3H3;2*1H/t15-;;/m1../s1. The minimum Gasteiger partial charge on any atom is -0.506 e. The Morgan fingerprint density at radius 1 is 1.26 bits per heavy atom. The molecule has 0 bridgehead atoms. The average molecular weight is 364 g/mol. The van der Waals surface area contributed by atoms with Crippen LogP contribution < -0.4 is 5.32 Å². The molecule has 2 N–H and O–H groups in total. The molecule has 23 heavy (non-hydrogen) atoms. The van der Waals surface area contributed by atoms with E-state index >= 15 is 0 Å². The van der Waals surface area contributed by atoms with Gasteiger partial charge < -0.3 is 10.4 Å². The van der Waals surface area contributed by atoms with Gasteiger partial charge in [-0.3, -0.25) is 4.90 Å². The fourth-order valence-corrected chi connectivity index (χ4v) is 3.06. The van der Waals surface area contributed by atoms with Gasteiger partial charge in [-0.05, 0) is 11.5 Å². The second kappa shape index (κ2) is 8.70. The second-order valence-corrected chi connectivity index (χ2v) is 6.53. The molecule has 1 saturated heterocycles. The van der Waals surface area contributed by atoms with Gasteiger partial charge >= 0.3 is 0 Å². The van der Waals surface area contributed by atoms with Crippen molar-refractivity contribution in [3.8, 4) is 11.8 Å². The smallest absolute Gasteiger partial charge is 0.144 e. The summed E-state index contributed by atoms with van der Waals surface area (Å²) < 4.78 is 13.6. The van der Waals surface area contributed by atoms with Crippen LogP contribution in [0.2, 0.25) is 0 Å². The lowest BCUT2D eigenvalue weighted by Crippen LogP contribution is -2.48. The second-order valence-electron chi connectivity index (χ2n) is 6.53. The summed E-state index contributed by atoms with van der Waals surface area (Å²) in [5.41, 5.74) is 0.221. The highest BCUT2D eigenvalue weighted by atomic mass is 35.5. The molecule has 0 aromatic heterocycles. The molecule has 1 fully saturated rings. The first-order chi connectivity index (χ1) is 9.86. The molecule has 4 nitrogen and oxygen atoms in total. The number of nitrogens with one attached hydrogen (secondary N) is 1. The summed E-state index contributed by atoms with van der Waals surface area (Å²) in [6.07, 6.45) is 0. The van der Waals surface area contributed by atoms with Gasteiger partial charge in [-0.25, -0.2) is 4.39 Å². The minimum absolute atomic E-state index is 0. The highest BCUT2D eigenvalue weighted by Crippen LogP contribution is 2.43. The maximum atomic E-state index is 13.6. The van der Waals surface area contributed by atoms with Crippen molar-refractivity contribution < 1.29 is 9.50 Å². The normalized spacial score (nSPS) is 16.7. The quantitative estimate of drug-likeness (QED) is 0.846. The van der Waals surface area contributed by atoms with Crippen LogP contribution in [0, 0.1) is 22.6 Å². The maximum absolute atomic E-state index is 13.6. The van der Waals surface area contributed by atoms with Gasteiger partial charge in [-0.2, -0.15) is 5.26 Å². The lowest BCUT2D eigenvalue weighted by molar-refractivity contribution is 0.0841. The lowest BCUT2D eigenvalue weighted by Gasteiger charge is -2.42. The SMILES string of the molecule is CC(C)(C)[C@@H](c1ccc(F)c(C#N)c1O)N1CCNCC1.Cl.Cl. The highest BCUT2D eigenvalue weighted by Gasteiger charge is 2.35. The number of benzene rings is 1. The summed E-state index contributed by atoms with van der Waals surface area (Å²) in [6, 6.07) is 4.57. The van der Waals surface area contributed by atoms with E-state index in [2.05, 4.69) is 31.0 Å². The van der Waals surface area contributed by atoms with E-state index in [0.29, 0.717) is 5.56 Å². The number of nitriles is 1. The van der Waals surface area contributed by atoms with Gasteiger partial charge in [0.25, 0.3) is 0 Å². The highest BCUT2D eigenvalue weighted by molar-refractivity contribution is 5.85. The number of phenolic OH excluding ortho intramolecular Hbond substituents is 1. The van der Waals surface area contributed by atoms with Crippen LogP contribution in [0.3, 0.4) is 0 Å².